The molecule has 0 spiro atoms. The molecule has 0 aliphatic heterocycles. The summed E-state index contributed by atoms with van der Waals surface area (Å²) in [6.07, 6.45) is 2.08. The summed E-state index contributed by atoms with van der Waals surface area (Å²) in [5.74, 6) is -1.36. The van der Waals surface area contributed by atoms with Crippen LogP contribution in [0.3, 0.4) is 0 Å². The van der Waals surface area contributed by atoms with Crippen molar-refractivity contribution in [1.82, 2.24) is 0 Å². The van der Waals surface area contributed by atoms with Crippen LogP contribution < -0.4 is 0 Å². The van der Waals surface area contributed by atoms with Crippen molar-refractivity contribution in [3.8, 4) is 0 Å². The predicted octanol–water partition coefficient (Wildman–Crippen LogP) is 1.19. The Morgan fingerprint density at radius 1 is 1.33 bits per heavy atom. The van der Waals surface area contributed by atoms with Crippen molar-refractivity contribution in [2.75, 3.05) is 6.61 Å². The number of hydrogen-bond acceptors (Lipinski definition) is 4. The van der Waals surface area contributed by atoms with Crippen LogP contribution in [0, 0.1) is 0 Å². The Morgan fingerprint density at radius 2 is 1.80 bits per heavy atom. The van der Waals surface area contributed by atoms with Crippen molar-refractivity contribution < 1.29 is 24.5 Å². The summed E-state index contributed by atoms with van der Waals surface area (Å²) in [5.41, 5.74) is 0. The van der Waals surface area contributed by atoms with Gasteiger partial charge in [-0.1, -0.05) is 19.8 Å². The predicted molar refractivity (Wildman–Crippen MR) is 55.5 cm³/mol. The number of aliphatic hydroxyl groups excluding tert-OH is 1. The van der Waals surface area contributed by atoms with E-state index in [2.05, 4.69) is 6.92 Å². The molecule has 15 heavy (non-hydrogen) atoms. The molecule has 0 heterocycles. The van der Waals surface area contributed by atoms with Crippen LogP contribution in [0.4, 0.5) is 0 Å². The fourth-order valence-corrected chi connectivity index (χ4v) is 0.568. The van der Waals surface area contributed by atoms with Crippen LogP contribution in [0.1, 0.15) is 40.0 Å². The maximum Gasteiger partial charge on any atom is 0.332 e. The number of carboxylic acids is 1. The number of hydrogen-bond donors (Lipinski definition) is 2. The van der Waals surface area contributed by atoms with Crippen LogP contribution >= 0.6 is 0 Å². The van der Waals surface area contributed by atoms with Crippen molar-refractivity contribution in [2.45, 2.75) is 46.1 Å². The van der Waals surface area contributed by atoms with Gasteiger partial charge < -0.3 is 14.9 Å². The third-order valence-corrected chi connectivity index (χ3v) is 1.41. The number of aliphatic hydroxyl groups is 1. The summed E-state index contributed by atoms with van der Waals surface area (Å²) in [6, 6.07) is 0. The van der Waals surface area contributed by atoms with Gasteiger partial charge in [0.05, 0.1) is 6.61 Å². The molecule has 0 aromatic carbocycles. The van der Waals surface area contributed by atoms with Crippen LogP contribution in [0.5, 0.6) is 0 Å². The van der Waals surface area contributed by atoms with E-state index in [4.69, 9.17) is 14.9 Å². The molecule has 5 nitrogen and oxygen atoms in total. The average Bonchev–Trinajstić information content (AvgIpc) is 2.13. The van der Waals surface area contributed by atoms with E-state index in [-0.39, 0.29) is 5.97 Å². The molecule has 0 saturated heterocycles. The summed E-state index contributed by atoms with van der Waals surface area (Å²) in [5, 5.41) is 15.8. The zero-order chi connectivity index (χ0) is 12.3. The van der Waals surface area contributed by atoms with Crippen molar-refractivity contribution in [3.05, 3.63) is 0 Å². The molecule has 0 aromatic heterocycles. The van der Waals surface area contributed by atoms with E-state index in [0.29, 0.717) is 6.61 Å². The van der Waals surface area contributed by atoms with E-state index in [1.165, 1.54) is 20.3 Å². The van der Waals surface area contributed by atoms with Crippen LogP contribution in [0.15, 0.2) is 0 Å². The van der Waals surface area contributed by atoms with Crippen LogP contribution in [-0.2, 0) is 14.3 Å². The molecule has 0 aliphatic carbocycles. The first-order valence-electron chi connectivity index (χ1n) is 4.96. The van der Waals surface area contributed by atoms with Gasteiger partial charge in [-0.05, 0) is 13.3 Å². The Kier molecular flexibility index (Phi) is 12.0. The molecule has 0 aliphatic rings. The average molecular weight is 220 g/mol. The molecule has 0 amide bonds. The normalized spacial score (nSPS) is 10.9. The van der Waals surface area contributed by atoms with Gasteiger partial charge in [-0.25, -0.2) is 4.79 Å². The zero-order valence-corrected chi connectivity index (χ0v) is 9.52. The molecular weight excluding hydrogens is 200 g/mol. The standard InChI is InChI=1S/C7H14O2.C3H6O3/c1-3-4-5-6-9-7(2)8;1-2(4)3(5)6/h3-6H2,1-2H3;2,4H,1H3,(H,5,6). The number of carboxylic acid groups (broad SMARTS) is 1. The first kappa shape index (κ1) is 16.3. The van der Waals surface area contributed by atoms with Crippen molar-refractivity contribution >= 4 is 11.9 Å². The minimum Gasteiger partial charge on any atom is -0.479 e. The quantitative estimate of drug-likeness (QED) is 0.537. The molecular formula is C10H20O5. The van der Waals surface area contributed by atoms with Gasteiger partial charge in [0.1, 0.15) is 6.10 Å². The van der Waals surface area contributed by atoms with Gasteiger partial charge in [0, 0.05) is 6.92 Å². The monoisotopic (exact) mass is 220 g/mol. The maximum atomic E-state index is 10.2. The van der Waals surface area contributed by atoms with Gasteiger partial charge in [-0.3, -0.25) is 4.79 Å². The molecule has 90 valence electrons. The van der Waals surface area contributed by atoms with Crippen molar-refractivity contribution in [2.24, 2.45) is 0 Å². The molecule has 0 aromatic rings. The molecule has 0 fully saturated rings. The number of ether oxygens (including phenoxy) is 1. The fourth-order valence-electron chi connectivity index (χ4n) is 0.568. The number of rotatable bonds is 5. The van der Waals surface area contributed by atoms with Gasteiger partial charge in [0.2, 0.25) is 0 Å². The molecule has 0 bridgehead atoms. The SMILES string of the molecule is CC(O)C(=O)O.CCCCCOC(C)=O. The Labute approximate surface area is 90.1 Å². The number of esters is 1. The second-order valence-corrected chi connectivity index (χ2v) is 3.06. The minimum atomic E-state index is -1.23. The lowest BCUT2D eigenvalue weighted by atomic mass is 10.3. The highest BCUT2D eigenvalue weighted by Crippen LogP contribution is 1.93. The Bertz CT molecular complexity index is 177. The largest absolute Gasteiger partial charge is 0.479 e. The highest BCUT2D eigenvalue weighted by Gasteiger charge is 2.01. The van der Waals surface area contributed by atoms with E-state index in [0.717, 1.165) is 12.8 Å². The van der Waals surface area contributed by atoms with Gasteiger partial charge in [-0.2, -0.15) is 0 Å². The van der Waals surface area contributed by atoms with E-state index in [1.54, 1.807) is 0 Å². The van der Waals surface area contributed by atoms with E-state index >= 15 is 0 Å². The number of unbranched alkanes of at least 4 members (excludes halogenated alkanes) is 2. The van der Waals surface area contributed by atoms with Crippen LogP contribution in [-0.4, -0.2) is 34.9 Å². The highest BCUT2D eigenvalue weighted by atomic mass is 16.5. The molecule has 1 unspecified atom stereocenters. The van der Waals surface area contributed by atoms with E-state index in [1.807, 2.05) is 0 Å². The van der Waals surface area contributed by atoms with E-state index < -0.39 is 12.1 Å². The second-order valence-electron chi connectivity index (χ2n) is 3.06. The summed E-state index contributed by atoms with van der Waals surface area (Å²) in [4.78, 5) is 19.6. The zero-order valence-electron chi connectivity index (χ0n) is 9.52. The first-order chi connectivity index (χ1) is 6.91. The molecule has 2 N–H and O–H groups in total. The molecule has 0 saturated carbocycles. The first-order valence-corrected chi connectivity index (χ1v) is 4.96. The summed E-state index contributed by atoms with van der Waals surface area (Å²) >= 11 is 0. The summed E-state index contributed by atoms with van der Waals surface area (Å²) in [6.45, 7) is 5.34. The lowest BCUT2D eigenvalue weighted by molar-refractivity contribution is -0.145. The number of carbonyl (C=O) groups excluding carboxylic acids is 1. The number of aliphatic carboxylic acids is 1. The van der Waals surface area contributed by atoms with Crippen LogP contribution in [0.25, 0.3) is 0 Å². The molecule has 1 atom stereocenters. The lowest BCUT2D eigenvalue weighted by Crippen LogP contribution is -2.13. The summed E-state index contributed by atoms with van der Waals surface area (Å²) < 4.78 is 4.70. The fraction of sp³-hybridized carbons (Fsp3) is 0.800. The van der Waals surface area contributed by atoms with Gasteiger partial charge in [0.15, 0.2) is 0 Å². The molecule has 5 heteroatoms. The minimum absolute atomic E-state index is 0.175. The van der Waals surface area contributed by atoms with Gasteiger partial charge in [-0.15, -0.1) is 0 Å². The number of carbonyl (C=O) groups is 2. The third-order valence-electron chi connectivity index (χ3n) is 1.41. The maximum absolute atomic E-state index is 10.2. The van der Waals surface area contributed by atoms with Crippen molar-refractivity contribution in [3.63, 3.8) is 0 Å². The van der Waals surface area contributed by atoms with Crippen LogP contribution in [0.2, 0.25) is 0 Å². The van der Waals surface area contributed by atoms with Crippen molar-refractivity contribution in [1.29, 1.82) is 0 Å². The highest BCUT2D eigenvalue weighted by molar-refractivity contribution is 5.71. The Hall–Kier alpha value is -1.10. The van der Waals surface area contributed by atoms with Gasteiger partial charge in [0.25, 0.3) is 0 Å². The van der Waals surface area contributed by atoms with E-state index in [9.17, 15) is 9.59 Å². The van der Waals surface area contributed by atoms with Gasteiger partial charge >= 0.3 is 11.9 Å². The third kappa shape index (κ3) is 19.3. The summed E-state index contributed by atoms with van der Waals surface area (Å²) in [7, 11) is 0. The smallest absolute Gasteiger partial charge is 0.332 e. The molecule has 0 radical (unpaired) electrons. The molecule has 0 rings (SSSR count). The Balaban J connectivity index is 0. The lowest BCUT2D eigenvalue weighted by Gasteiger charge is -1.98. The topological polar surface area (TPSA) is 83.8 Å². The second kappa shape index (κ2) is 11.0. The Morgan fingerprint density at radius 3 is 2.07 bits per heavy atom.